The summed E-state index contributed by atoms with van der Waals surface area (Å²) >= 11 is 0. The molecule has 0 heterocycles. The molecule has 2 aromatic rings. The monoisotopic (exact) mass is 637 g/mol. The van der Waals surface area contributed by atoms with Crippen molar-refractivity contribution in [2.24, 2.45) is 11.5 Å². The van der Waals surface area contributed by atoms with Crippen molar-refractivity contribution in [3.05, 3.63) is 83.9 Å². The Bertz CT molecular complexity index is 1400. The number of primary amides is 1. The first kappa shape index (κ1) is 36.5. The fourth-order valence-corrected chi connectivity index (χ4v) is 4.17. The highest BCUT2D eigenvalue weighted by Crippen LogP contribution is 2.09. The molecular formula is C31H39N7O8. The van der Waals surface area contributed by atoms with Gasteiger partial charge < -0.3 is 42.6 Å². The van der Waals surface area contributed by atoms with E-state index in [1.54, 1.807) is 24.3 Å². The van der Waals surface area contributed by atoms with Crippen molar-refractivity contribution in [2.45, 2.75) is 50.2 Å². The Morgan fingerprint density at radius 1 is 0.848 bits per heavy atom. The number of carboxylic acid groups (broad SMARTS) is 1. The van der Waals surface area contributed by atoms with Gasteiger partial charge >= 0.3 is 12.1 Å². The van der Waals surface area contributed by atoms with Crippen molar-refractivity contribution in [1.29, 1.82) is 5.41 Å². The molecule has 0 bridgehead atoms. The maximum atomic E-state index is 13.4. The smallest absolute Gasteiger partial charge is 0.408 e. The predicted octanol–water partition coefficient (Wildman–Crippen LogP) is -0.137. The number of rotatable bonds is 19. The molecule has 3 atom stereocenters. The maximum Gasteiger partial charge on any atom is 0.408 e. The number of alkyl carbamates (subject to hydrolysis) is 1. The van der Waals surface area contributed by atoms with E-state index in [-0.39, 0.29) is 31.8 Å². The summed E-state index contributed by atoms with van der Waals surface area (Å²) in [5, 5.41) is 26.7. The Morgan fingerprint density at radius 3 is 2.07 bits per heavy atom. The molecule has 0 aliphatic rings. The van der Waals surface area contributed by atoms with Gasteiger partial charge in [0.05, 0.1) is 6.42 Å². The second-order valence-corrected chi connectivity index (χ2v) is 10.2. The molecule has 0 unspecified atom stereocenters. The zero-order valence-corrected chi connectivity index (χ0v) is 25.1. The molecule has 46 heavy (non-hydrogen) atoms. The van der Waals surface area contributed by atoms with Crippen LogP contribution in [-0.4, -0.2) is 77.9 Å². The van der Waals surface area contributed by atoms with Crippen LogP contribution in [0.1, 0.15) is 36.0 Å². The highest BCUT2D eigenvalue weighted by Gasteiger charge is 2.31. The quantitative estimate of drug-likeness (QED) is 0.0579. The Morgan fingerprint density at radius 2 is 1.48 bits per heavy atom. The SMILES string of the molecule is C=CCOC(=O)N[C@@H](Cc1ccc(C(=N)N)cc1)C(=O)N[C@@H](CCC(=O)O)C(=O)N[C@@H](CC(N)=O)C(=O)NCCc1ccccc1. The highest BCUT2D eigenvalue weighted by molar-refractivity contribution is 5.96. The van der Waals surface area contributed by atoms with E-state index in [1.165, 1.54) is 6.08 Å². The normalized spacial score (nSPS) is 12.3. The van der Waals surface area contributed by atoms with Gasteiger partial charge in [0, 0.05) is 24.9 Å². The van der Waals surface area contributed by atoms with E-state index in [1.807, 2.05) is 30.3 Å². The van der Waals surface area contributed by atoms with Crippen LogP contribution in [0.3, 0.4) is 0 Å². The molecule has 0 radical (unpaired) electrons. The lowest BCUT2D eigenvalue weighted by molar-refractivity contribution is -0.138. The first-order valence-electron chi connectivity index (χ1n) is 14.3. The number of amides is 5. The van der Waals surface area contributed by atoms with Gasteiger partial charge in [-0.25, -0.2) is 4.79 Å². The van der Waals surface area contributed by atoms with Gasteiger partial charge in [0.1, 0.15) is 30.6 Å². The van der Waals surface area contributed by atoms with E-state index in [0.717, 1.165) is 5.56 Å². The van der Waals surface area contributed by atoms with Gasteiger partial charge in [-0.1, -0.05) is 67.3 Å². The zero-order chi connectivity index (χ0) is 34.1. The van der Waals surface area contributed by atoms with Crippen LogP contribution in [0.25, 0.3) is 0 Å². The van der Waals surface area contributed by atoms with Gasteiger partial charge in [0.2, 0.25) is 23.6 Å². The molecule has 0 aliphatic heterocycles. The molecule has 2 rings (SSSR count). The van der Waals surface area contributed by atoms with E-state index in [2.05, 4.69) is 27.8 Å². The average molecular weight is 638 g/mol. The summed E-state index contributed by atoms with van der Waals surface area (Å²) in [7, 11) is 0. The van der Waals surface area contributed by atoms with Crippen LogP contribution in [0.15, 0.2) is 67.3 Å². The Kier molecular flexibility index (Phi) is 14.9. The van der Waals surface area contributed by atoms with E-state index in [0.29, 0.717) is 17.5 Å². The van der Waals surface area contributed by atoms with Crippen LogP contribution in [0.5, 0.6) is 0 Å². The number of nitrogen functional groups attached to an aromatic ring is 1. The number of ether oxygens (including phenoxy) is 1. The minimum Gasteiger partial charge on any atom is -0.481 e. The summed E-state index contributed by atoms with van der Waals surface area (Å²) in [5.41, 5.74) is 12.7. The topological polar surface area (TPSA) is 256 Å². The fourth-order valence-electron chi connectivity index (χ4n) is 4.17. The number of aliphatic carboxylic acids is 1. The number of nitrogens with one attached hydrogen (secondary N) is 5. The van der Waals surface area contributed by atoms with Crippen LogP contribution < -0.4 is 32.7 Å². The van der Waals surface area contributed by atoms with Crippen LogP contribution in [0.4, 0.5) is 4.79 Å². The summed E-state index contributed by atoms with van der Waals surface area (Å²) in [6.07, 6.45) is -0.724. The average Bonchev–Trinajstić information content (AvgIpc) is 3.01. The molecule has 15 nitrogen and oxygen atoms in total. The third-order valence-electron chi connectivity index (χ3n) is 6.52. The van der Waals surface area contributed by atoms with Gasteiger partial charge in [-0.2, -0.15) is 0 Å². The number of hydrogen-bond donors (Lipinski definition) is 8. The molecule has 5 amide bonds. The summed E-state index contributed by atoms with van der Waals surface area (Å²) in [4.78, 5) is 75.0. The third-order valence-corrected chi connectivity index (χ3v) is 6.52. The molecule has 0 aliphatic carbocycles. The minimum atomic E-state index is -1.48. The van der Waals surface area contributed by atoms with E-state index >= 15 is 0 Å². The Hall–Kier alpha value is -5.73. The third kappa shape index (κ3) is 13.3. The number of carboxylic acids is 1. The van der Waals surface area contributed by atoms with Gasteiger partial charge in [0.25, 0.3) is 0 Å². The fraction of sp³-hybridized carbons (Fsp3) is 0.323. The standard InChI is InChI=1S/C31H39N7O8/c1-2-16-46-31(45)38-23(17-20-8-10-21(11-9-20)27(33)34)30(44)36-22(12-13-26(40)41)29(43)37-24(18-25(32)39)28(42)35-15-14-19-6-4-3-5-7-19/h2-11,22-24H,1,12-18H2,(H2,32,39)(H3,33,34)(H,35,42)(H,36,44)(H,37,43)(H,38,45)(H,40,41)/t22-,23-,24-/m0/s1. The maximum absolute atomic E-state index is 13.4. The zero-order valence-electron chi connectivity index (χ0n) is 25.1. The second kappa shape index (κ2) is 18.8. The number of amidine groups is 1. The van der Waals surface area contributed by atoms with Gasteiger partial charge in [-0.05, 0) is 24.0 Å². The number of benzene rings is 2. The Labute approximate surface area is 265 Å². The number of hydrogen-bond acceptors (Lipinski definition) is 8. The molecular weight excluding hydrogens is 598 g/mol. The molecule has 0 saturated carbocycles. The number of nitrogens with two attached hydrogens (primary N) is 2. The summed E-state index contributed by atoms with van der Waals surface area (Å²) in [6, 6.07) is 11.4. The summed E-state index contributed by atoms with van der Waals surface area (Å²) in [6.45, 7) is 3.50. The van der Waals surface area contributed by atoms with Crippen molar-refractivity contribution < 1.29 is 38.6 Å². The number of carbonyl (C=O) groups is 6. The summed E-state index contributed by atoms with van der Waals surface area (Å²) in [5.74, 6) is -4.82. The molecule has 0 spiro atoms. The van der Waals surface area contributed by atoms with Gasteiger partial charge in [-0.15, -0.1) is 0 Å². The summed E-state index contributed by atoms with van der Waals surface area (Å²) < 4.78 is 4.93. The molecule has 246 valence electrons. The van der Waals surface area contributed by atoms with Crippen LogP contribution in [0.2, 0.25) is 0 Å². The molecule has 0 saturated heterocycles. The van der Waals surface area contributed by atoms with Crippen molar-refractivity contribution in [3.8, 4) is 0 Å². The molecule has 15 heteroatoms. The molecule has 0 fully saturated rings. The predicted molar refractivity (Wildman–Crippen MR) is 167 cm³/mol. The molecule has 0 aromatic heterocycles. The van der Waals surface area contributed by atoms with Crippen molar-refractivity contribution in [1.82, 2.24) is 21.3 Å². The molecule has 2 aromatic carbocycles. The van der Waals surface area contributed by atoms with Crippen molar-refractivity contribution >= 4 is 41.5 Å². The second-order valence-electron chi connectivity index (χ2n) is 10.2. The van der Waals surface area contributed by atoms with E-state index < -0.39 is 66.7 Å². The molecule has 10 N–H and O–H groups in total. The van der Waals surface area contributed by atoms with Crippen LogP contribution >= 0.6 is 0 Å². The lowest BCUT2D eigenvalue weighted by Gasteiger charge is -2.25. The minimum absolute atomic E-state index is 0.0887. The number of carbonyl (C=O) groups excluding carboxylic acids is 5. The first-order chi connectivity index (χ1) is 21.9. The van der Waals surface area contributed by atoms with E-state index in [4.69, 9.17) is 21.6 Å². The van der Waals surface area contributed by atoms with Crippen molar-refractivity contribution in [2.75, 3.05) is 13.2 Å². The Balaban J connectivity index is 2.22. The first-order valence-corrected chi connectivity index (χ1v) is 14.3. The lowest BCUT2D eigenvalue weighted by atomic mass is 10.0. The lowest BCUT2D eigenvalue weighted by Crippen LogP contribution is -2.57. The largest absolute Gasteiger partial charge is 0.481 e. The van der Waals surface area contributed by atoms with Gasteiger partial charge in [-0.3, -0.25) is 29.4 Å². The van der Waals surface area contributed by atoms with E-state index in [9.17, 15) is 33.9 Å². The van der Waals surface area contributed by atoms with Crippen LogP contribution in [0, 0.1) is 5.41 Å². The van der Waals surface area contributed by atoms with Crippen molar-refractivity contribution in [3.63, 3.8) is 0 Å². The van der Waals surface area contributed by atoms with Gasteiger partial charge in [0.15, 0.2) is 0 Å². The van der Waals surface area contributed by atoms with Crippen LogP contribution in [-0.2, 0) is 41.6 Å². The highest BCUT2D eigenvalue weighted by atomic mass is 16.5.